The van der Waals surface area contributed by atoms with Crippen LogP contribution in [0.5, 0.6) is 0 Å². The van der Waals surface area contributed by atoms with Gasteiger partial charge in [-0.1, -0.05) is 49.4 Å². The van der Waals surface area contributed by atoms with Crippen LogP contribution >= 0.6 is 11.5 Å². The molecule has 2 heterocycles. The predicted octanol–water partition coefficient (Wildman–Crippen LogP) is 5.25. The standard InChI is InChI=1S/C24H23N3O5S/c1-3-24(17-10-7-11-18(12-17)27(30)31)20(23(28)29)15(2)25-22-21(24)19(26-33-22)14-32-13-16-8-5-4-6-9-16/h4-12,25H,3,13-14H2,1-2H3,(H,28,29). The number of ether oxygens (including phenoxy) is 1. The van der Waals surface area contributed by atoms with E-state index in [1.165, 1.54) is 23.7 Å². The molecule has 9 heteroatoms. The fraction of sp³-hybridized carbons (Fsp3) is 0.250. The third kappa shape index (κ3) is 4.01. The van der Waals surface area contributed by atoms with Crippen molar-refractivity contribution in [2.75, 3.05) is 5.32 Å². The lowest BCUT2D eigenvalue weighted by molar-refractivity contribution is -0.384. The molecule has 0 spiro atoms. The normalized spacial score (nSPS) is 17.4. The molecule has 0 saturated carbocycles. The Labute approximate surface area is 194 Å². The summed E-state index contributed by atoms with van der Waals surface area (Å²) in [5.41, 5.74) is 2.33. The molecule has 1 aliphatic rings. The molecule has 1 atom stereocenters. The number of hydrogen-bond acceptors (Lipinski definition) is 7. The first-order valence-corrected chi connectivity index (χ1v) is 11.2. The number of nitro benzene ring substituents is 1. The molecule has 1 aromatic heterocycles. The summed E-state index contributed by atoms with van der Waals surface area (Å²) in [5, 5.41) is 25.6. The maximum Gasteiger partial charge on any atom is 0.334 e. The van der Waals surface area contributed by atoms with Crippen molar-refractivity contribution in [1.29, 1.82) is 0 Å². The number of aliphatic carboxylic acids is 1. The van der Waals surface area contributed by atoms with Crippen molar-refractivity contribution in [2.45, 2.75) is 38.9 Å². The maximum absolute atomic E-state index is 12.5. The van der Waals surface area contributed by atoms with Gasteiger partial charge >= 0.3 is 5.97 Å². The number of nitro groups is 1. The minimum absolute atomic E-state index is 0.0899. The number of carbonyl (C=O) groups is 1. The summed E-state index contributed by atoms with van der Waals surface area (Å²) in [5.74, 6) is -1.08. The molecule has 0 amide bonds. The van der Waals surface area contributed by atoms with Crippen molar-refractivity contribution in [3.05, 3.63) is 98.4 Å². The SMILES string of the molecule is CCC1(c2cccc([N+](=O)[O-])c2)C(C(=O)O)=C(C)Nc2snc(COCc3ccccc3)c21. The first kappa shape index (κ1) is 22.6. The van der Waals surface area contributed by atoms with E-state index in [4.69, 9.17) is 4.74 Å². The van der Waals surface area contributed by atoms with Crippen molar-refractivity contribution in [3.8, 4) is 0 Å². The molecule has 0 aliphatic carbocycles. The average Bonchev–Trinajstić information content (AvgIpc) is 3.21. The summed E-state index contributed by atoms with van der Waals surface area (Å²) in [7, 11) is 0. The number of nitrogens with one attached hydrogen (secondary N) is 1. The van der Waals surface area contributed by atoms with E-state index in [1.807, 2.05) is 37.3 Å². The van der Waals surface area contributed by atoms with Crippen LogP contribution < -0.4 is 5.32 Å². The van der Waals surface area contributed by atoms with Gasteiger partial charge in [0.2, 0.25) is 0 Å². The number of hydrogen-bond donors (Lipinski definition) is 2. The molecule has 3 aromatic rings. The molecule has 0 bridgehead atoms. The largest absolute Gasteiger partial charge is 0.478 e. The number of allylic oxidation sites excluding steroid dienone is 1. The van der Waals surface area contributed by atoms with Gasteiger partial charge in [0.05, 0.1) is 34.8 Å². The molecule has 2 aromatic carbocycles. The molecule has 0 saturated heterocycles. The van der Waals surface area contributed by atoms with Gasteiger partial charge in [0, 0.05) is 23.4 Å². The van der Waals surface area contributed by atoms with Crippen LogP contribution in [0.1, 0.15) is 42.7 Å². The number of anilines is 1. The second-order valence-electron chi connectivity index (χ2n) is 7.81. The Bertz CT molecular complexity index is 1240. The molecule has 0 radical (unpaired) electrons. The van der Waals surface area contributed by atoms with Crippen LogP contribution in [0.15, 0.2) is 65.9 Å². The van der Waals surface area contributed by atoms with Crippen LogP contribution in [0.2, 0.25) is 0 Å². The van der Waals surface area contributed by atoms with Gasteiger partial charge in [0.25, 0.3) is 5.69 Å². The summed E-state index contributed by atoms with van der Waals surface area (Å²) in [6, 6.07) is 15.9. The van der Waals surface area contributed by atoms with Crippen LogP contribution in [0.4, 0.5) is 10.7 Å². The van der Waals surface area contributed by atoms with Gasteiger partial charge in [-0.05, 0) is 36.0 Å². The van der Waals surface area contributed by atoms with Crippen molar-refractivity contribution in [2.24, 2.45) is 0 Å². The molecular weight excluding hydrogens is 442 g/mol. The van der Waals surface area contributed by atoms with Crippen molar-refractivity contribution < 1.29 is 19.6 Å². The van der Waals surface area contributed by atoms with Gasteiger partial charge < -0.3 is 15.2 Å². The van der Waals surface area contributed by atoms with E-state index in [0.717, 1.165) is 10.6 Å². The lowest BCUT2D eigenvalue weighted by Gasteiger charge is -2.39. The van der Waals surface area contributed by atoms with Gasteiger partial charge in [-0.25, -0.2) is 4.79 Å². The molecule has 4 rings (SSSR count). The van der Waals surface area contributed by atoms with Crippen molar-refractivity contribution in [3.63, 3.8) is 0 Å². The number of non-ortho nitro benzene ring substituents is 1. The third-order valence-electron chi connectivity index (χ3n) is 5.94. The quantitative estimate of drug-likeness (QED) is 0.345. The summed E-state index contributed by atoms with van der Waals surface area (Å²) in [6.45, 7) is 4.16. The smallest absolute Gasteiger partial charge is 0.334 e. The summed E-state index contributed by atoms with van der Waals surface area (Å²) >= 11 is 1.24. The Morgan fingerprint density at radius 3 is 2.64 bits per heavy atom. The van der Waals surface area contributed by atoms with Crippen LogP contribution in [-0.2, 0) is 28.2 Å². The van der Waals surface area contributed by atoms with E-state index < -0.39 is 16.3 Å². The highest BCUT2D eigenvalue weighted by Gasteiger charge is 2.48. The minimum atomic E-state index is -1.11. The van der Waals surface area contributed by atoms with Gasteiger partial charge in [-0.2, -0.15) is 4.37 Å². The molecule has 1 aliphatic heterocycles. The Morgan fingerprint density at radius 2 is 1.97 bits per heavy atom. The molecule has 2 N–H and O–H groups in total. The van der Waals surface area contributed by atoms with Crippen LogP contribution in [0.25, 0.3) is 0 Å². The monoisotopic (exact) mass is 465 g/mol. The fourth-order valence-corrected chi connectivity index (χ4v) is 5.47. The van der Waals surface area contributed by atoms with E-state index in [2.05, 4.69) is 9.69 Å². The first-order chi connectivity index (χ1) is 15.9. The number of nitrogens with zero attached hydrogens (tertiary/aromatic N) is 2. The molecule has 33 heavy (non-hydrogen) atoms. The highest BCUT2D eigenvalue weighted by molar-refractivity contribution is 7.10. The number of benzene rings is 2. The molecule has 0 fully saturated rings. The molecule has 8 nitrogen and oxygen atoms in total. The van der Waals surface area contributed by atoms with Crippen LogP contribution in [0, 0.1) is 10.1 Å². The zero-order valence-electron chi connectivity index (χ0n) is 18.2. The highest BCUT2D eigenvalue weighted by atomic mass is 32.1. The summed E-state index contributed by atoms with van der Waals surface area (Å²) in [4.78, 5) is 23.5. The lowest BCUT2D eigenvalue weighted by Crippen LogP contribution is -2.39. The van der Waals surface area contributed by atoms with E-state index in [-0.39, 0.29) is 17.9 Å². The second kappa shape index (κ2) is 9.13. The number of fused-ring (bicyclic) bond motifs is 1. The van der Waals surface area contributed by atoms with Gasteiger partial charge in [-0.15, -0.1) is 0 Å². The van der Waals surface area contributed by atoms with E-state index in [9.17, 15) is 20.0 Å². The second-order valence-corrected chi connectivity index (χ2v) is 8.58. The van der Waals surface area contributed by atoms with Gasteiger partial charge in [0.1, 0.15) is 5.00 Å². The lowest BCUT2D eigenvalue weighted by atomic mass is 9.65. The topological polar surface area (TPSA) is 115 Å². The zero-order chi connectivity index (χ0) is 23.6. The molecular formula is C24H23N3O5S. The van der Waals surface area contributed by atoms with Gasteiger partial charge in [-0.3, -0.25) is 10.1 Å². The van der Waals surface area contributed by atoms with Crippen LogP contribution in [-0.4, -0.2) is 20.4 Å². The highest BCUT2D eigenvalue weighted by Crippen LogP contribution is 2.52. The third-order valence-corrected chi connectivity index (χ3v) is 6.74. The molecule has 1 unspecified atom stereocenters. The predicted molar refractivity (Wildman–Crippen MR) is 125 cm³/mol. The maximum atomic E-state index is 12.5. The fourth-order valence-electron chi connectivity index (χ4n) is 4.54. The number of rotatable bonds is 8. The summed E-state index contributed by atoms with van der Waals surface area (Å²) in [6.07, 6.45) is 0.381. The Morgan fingerprint density at radius 1 is 1.21 bits per heavy atom. The first-order valence-electron chi connectivity index (χ1n) is 10.5. The molecule has 170 valence electrons. The Hall–Kier alpha value is -3.56. The number of carboxylic acid groups (broad SMARTS) is 1. The summed E-state index contributed by atoms with van der Waals surface area (Å²) < 4.78 is 10.5. The number of aromatic nitrogens is 1. The van der Waals surface area contributed by atoms with Crippen LogP contribution in [0.3, 0.4) is 0 Å². The number of carboxylic acids is 1. The van der Waals surface area contributed by atoms with Gasteiger partial charge in [0.15, 0.2) is 0 Å². The zero-order valence-corrected chi connectivity index (χ0v) is 19.0. The Kier molecular flexibility index (Phi) is 6.26. The minimum Gasteiger partial charge on any atom is -0.478 e. The average molecular weight is 466 g/mol. The van der Waals surface area contributed by atoms with E-state index in [1.54, 1.807) is 19.1 Å². The van der Waals surface area contributed by atoms with E-state index in [0.29, 0.717) is 35.5 Å². The van der Waals surface area contributed by atoms with Crippen molar-refractivity contribution >= 4 is 28.2 Å². The van der Waals surface area contributed by atoms with E-state index >= 15 is 0 Å². The Balaban J connectivity index is 1.83. The van der Waals surface area contributed by atoms with Crippen molar-refractivity contribution in [1.82, 2.24) is 4.37 Å².